The van der Waals surface area contributed by atoms with E-state index in [2.05, 4.69) is 13.8 Å². The molecule has 0 aromatic heterocycles. The molecule has 0 radical (unpaired) electrons. The number of ether oxygens (including phenoxy) is 2. The molecule has 0 aliphatic carbocycles. The molecule has 0 aromatic rings. The van der Waals surface area contributed by atoms with E-state index in [-0.39, 0.29) is 6.61 Å². The highest BCUT2D eigenvalue weighted by Gasteiger charge is 2.02. The van der Waals surface area contributed by atoms with Gasteiger partial charge < -0.3 is 14.6 Å². The molecule has 0 aliphatic rings. The van der Waals surface area contributed by atoms with Gasteiger partial charge in [0, 0.05) is 6.61 Å². The lowest BCUT2D eigenvalue weighted by atomic mass is 10.0. The van der Waals surface area contributed by atoms with E-state index < -0.39 is 0 Å². The fourth-order valence-electron chi connectivity index (χ4n) is 1.93. The van der Waals surface area contributed by atoms with Crippen molar-refractivity contribution in [2.45, 2.75) is 58.8 Å². The van der Waals surface area contributed by atoms with Crippen molar-refractivity contribution in [1.82, 2.24) is 0 Å². The lowest BCUT2D eigenvalue weighted by molar-refractivity contribution is 0.0228. The lowest BCUT2D eigenvalue weighted by Crippen LogP contribution is -2.11. The Hall–Kier alpha value is -0.120. The zero-order chi connectivity index (χ0) is 13.5. The van der Waals surface area contributed by atoms with Gasteiger partial charge in [0.25, 0.3) is 0 Å². The number of hydrogen-bond donors (Lipinski definition) is 1. The highest BCUT2D eigenvalue weighted by molar-refractivity contribution is 4.53. The first-order valence-corrected chi connectivity index (χ1v) is 7.57. The normalized spacial score (nSPS) is 12.8. The van der Waals surface area contributed by atoms with Crippen LogP contribution in [0, 0.1) is 5.92 Å². The largest absolute Gasteiger partial charge is 0.394 e. The molecule has 3 nitrogen and oxygen atoms in total. The molecular weight excluding hydrogens is 228 g/mol. The van der Waals surface area contributed by atoms with Gasteiger partial charge in [0.05, 0.1) is 26.4 Å². The van der Waals surface area contributed by atoms with Crippen molar-refractivity contribution in [2.75, 3.05) is 33.0 Å². The van der Waals surface area contributed by atoms with Crippen molar-refractivity contribution in [3.63, 3.8) is 0 Å². The molecule has 3 heteroatoms. The number of aliphatic hydroxyl groups is 1. The Balaban J connectivity index is 3.10. The molecular formula is C15H32O3. The van der Waals surface area contributed by atoms with E-state index in [0.29, 0.717) is 25.7 Å². The van der Waals surface area contributed by atoms with Gasteiger partial charge in [-0.25, -0.2) is 0 Å². The van der Waals surface area contributed by atoms with Crippen LogP contribution in [-0.4, -0.2) is 38.1 Å². The molecule has 0 saturated carbocycles. The van der Waals surface area contributed by atoms with Crippen molar-refractivity contribution < 1.29 is 14.6 Å². The van der Waals surface area contributed by atoms with Gasteiger partial charge in [0.1, 0.15) is 0 Å². The summed E-state index contributed by atoms with van der Waals surface area (Å²) in [6.07, 6.45) is 9.44. The van der Waals surface area contributed by atoms with Gasteiger partial charge in [-0.15, -0.1) is 0 Å². The maximum absolute atomic E-state index is 8.52. The third-order valence-electron chi connectivity index (χ3n) is 3.06. The molecule has 1 atom stereocenters. The fraction of sp³-hybridized carbons (Fsp3) is 1.00. The smallest absolute Gasteiger partial charge is 0.0701 e. The number of hydrogen-bond acceptors (Lipinski definition) is 3. The molecule has 0 heterocycles. The Morgan fingerprint density at radius 3 is 2.28 bits per heavy atom. The van der Waals surface area contributed by atoms with E-state index >= 15 is 0 Å². The minimum Gasteiger partial charge on any atom is -0.394 e. The summed E-state index contributed by atoms with van der Waals surface area (Å²) in [5.74, 6) is 0.647. The van der Waals surface area contributed by atoms with Crippen LogP contribution < -0.4 is 0 Å². The molecule has 0 amide bonds. The van der Waals surface area contributed by atoms with Crippen LogP contribution in [0.5, 0.6) is 0 Å². The van der Waals surface area contributed by atoms with E-state index in [0.717, 1.165) is 6.61 Å². The van der Waals surface area contributed by atoms with Crippen molar-refractivity contribution in [3.05, 3.63) is 0 Å². The van der Waals surface area contributed by atoms with Crippen LogP contribution >= 0.6 is 0 Å². The quantitative estimate of drug-likeness (QED) is 0.486. The van der Waals surface area contributed by atoms with Crippen LogP contribution in [0.15, 0.2) is 0 Å². The molecule has 1 unspecified atom stereocenters. The molecule has 0 rings (SSSR count). The van der Waals surface area contributed by atoms with Gasteiger partial charge >= 0.3 is 0 Å². The maximum atomic E-state index is 8.52. The van der Waals surface area contributed by atoms with E-state index in [1.54, 1.807) is 0 Å². The second-order valence-corrected chi connectivity index (χ2v) is 5.07. The van der Waals surface area contributed by atoms with Crippen LogP contribution in [0.2, 0.25) is 0 Å². The third-order valence-corrected chi connectivity index (χ3v) is 3.06. The first-order chi connectivity index (χ1) is 8.81. The molecule has 0 spiro atoms. The van der Waals surface area contributed by atoms with Crippen molar-refractivity contribution >= 4 is 0 Å². The van der Waals surface area contributed by atoms with Crippen molar-refractivity contribution in [2.24, 2.45) is 5.92 Å². The highest BCUT2D eigenvalue weighted by atomic mass is 16.5. The standard InChI is InChI=1S/C15H32O3/c1-3-4-5-6-7-8-9-15(2)14-18-13-12-17-11-10-16/h15-16H,3-14H2,1-2H3. The Morgan fingerprint density at radius 2 is 1.56 bits per heavy atom. The number of aliphatic hydroxyl groups excluding tert-OH is 1. The summed E-state index contributed by atoms with van der Waals surface area (Å²) in [5.41, 5.74) is 0. The third kappa shape index (κ3) is 13.9. The van der Waals surface area contributed by atoms with E-state index in [4.69, 9.17) is 14.6 Å². The number of rotatable bonds is 14. The first kappa shape index (κ1) is 17.9. The summed E-state index contributed by atoms with van der Waals surface area (Å²) in [6, 6.07) is 0. The predicted octanol–water partition coefficient (Wildman–Crippen LogP) is 3.40. The van der Waals surface area contributed by atoms with E-state index in [1.807, 2.05) is 0 Å². The topological polar surface area (TPSA) is 38.7 Å². The van der Waals surface area contributed by atoms with Gasteiger partial charge in [0.2, 0.25) is 0 Å². The summed E-state index contributed by atoms with van der Waals surface area (Å²) in [5, 5.41) is 8.52. The Bertz CT molecular complexity index is 135. The summed E-state index contributed by atoms with van der Waals surface area (Å²) in [4.78, 5) is 0. The summed E-state index contributed by atoms with van der Waals surface area (Å²) in [7, 11) is 0. The monoisotopic (exact) mass is 260 g/mol. The van der Waals surface area contributed by atoms with Crippen LogP contribution in [-0.2, 0) is 9.47 Å². The lowest BCUT2D eigenvalue weighted by Gasteiger charge is -2.12. The minimum absolute atomic E-state index is 0.0917. The van der Waals surface area contributed by atoms with Crippen LogP contribution in [0.25, 0.3) is 0 Å². The molecule has 0 bridgehead atoms. The molecule has 110 valence electrons. The summed E-state index contributed by atoms with van der Waals surface area (Å²) >= 11 is 0. The first-order valence-electron chi connectivity index (χ1n) is 7.57. The van der Waals surface area contributed by atoms with Gasteiger partial charge in [-0.1, -0.05) is 52.4 Å². The van der Waals surface area contributed by atoms with Crippen LogP contribution in [0.1, 0.15) is 58.8 Å². The second-order valence-electron chi connectivity index (χ2n) is 5.07. The molecule has 1 N–H and O–H groups in total. The SMILES string of the molecule is CCCCCCCCC(C)COCCOCCO. The second kappa shape index (κ2) is 14.9. The minimum atomic E-state index is 0.0917. The van der Waals surface area contributed by atoms with Crippen LogP contribution in [0.4, 0.5) is 0 Å². The summed E-state index contributed by atoms with van der Waals surface area (Å²) < 4.78 is 10.7. The van der Waals surface area contributed by atoms with Crippen molar-refractivity contribution in [1.29, 1.82) is 0 Å². The van der Waals surface area contributed by atoms with Crippen LogP contribution in [0.3, 0.4) is 0 Å². The molecule has 0 aromatic carbocycles. The molecule has 0 saturated heterocycles. The Labute approximate surface area is 113 Å². The zero-order valence-corrected chi connectivity index (χ0v) is 12.3. The van der Waals surface area contributed by atoms with Gasteiger partial charge in [0.15, 0.2) is 0 Å². The summed E-state index contributed by atoms with van der Waals surface area (Å²) in [6.45, 7) is 7.07. The Kier molecular flexibility index (Phi) is 14.8. The highest BCUT2D eigenvalue weighted by Crippen LogP contribution is 2.12. The fourth-order valence-corrected chi connectivity index (χ4v) is 1.93. The average molecular weight is 260 g/mol. The molecule has 0 aliphatic heterocycles. The van der Waals surface area contributed by atoms with Gasteiger partial charge in [-0.2, -0.15) is 0 Å². The molecule has 0 fully saturated rings. The number of unbranched alkanes of at least 4 members (excludes halogenated alkanes) is 5. The predicted molar refractivity (Wildman–Crippen MR) is 75.9 cm³/mol. The van der Waals surface area contributed by atoms with E-state index in [9.17, 15) is 0 Å². The van der Waals surface area contributed by atoms with Gasteiger partial charge in [-0.05, 0) is 12.3 Å². The Morgan fingerprint density at radius 1 is 0.889 bits per heavy atom. The average Bonchev–Trinajstić information content (AvgIpc) is 2.38. The van der Waals surface area contributed by atoms with E-state index in [1.165, 1.54) is 44.9 Å². The van der Waals surface area contributed by atoms with Gasteiger partial charge in [-0.3, -0.25) is 0 Å². The van der Waals surface area contributed by atoms with Crippen molar-refractivity contribution in [3.8, 4) is 0 Å². The maximum Gasteiger partial charge on any atom is 0.0701 e. The molecule has 18 heavy (non-hydrogen) atoms. The zero-order valence-electron chi connectivity index (χ0n) is 12.3.